The van der Waals surface area contributed by atoms with Gasteiger partial charge in [0.15, 0.2) is 0 Å². The van der Waals surface area contributed by atoms with Crippen molar-refractivity contribution in [1.29, 1.82) is 0 Å². The number of carboxylic acids is 1. The number of unbranched alkanes of at least 4 members (excludes halogenated alkanes) is 3. The molecule has 0 atom stereocenters. The summed E-state index contributed by atoms with van der Waals surface area (Å²) < 4.78 is 0. The zero-order valence-electron chi connectivity index (χ0n) is 50.0. The molecule has 0 unspecified atom stereocenters. The predicted octanol–water partition coefficient (Wildman–Crippen LogP) is 13.4. The molecule has 4 N–H and O–H groups in total. The van der Waals surface area contributed by atoms with Crippen molar-refractivity contribution in [2.45, 2.75) is 118 Å². The Morgan fingerprint density at radius 3 is 1.15 bits per heavy atom. The number of fused-ring (bicyclic) bond motifs is 3. The van der Waals surface area contributed by atoms with E-state index in [4.69, 9.17) is 20.8 Å². The molecule has 16 nitrogen and oxygen atoms in total. The Kier molecular flexibility index (Phi) is 23.9. The van der Waals surface area contributed by atoms with Gasteiger partial charge in [-0.25, -0.2) is 4.79 Å². The number of aromatic nitrogens is 3. The van der Waals surface area contributed by atoms with Crippen molar-refractivity contribution in [3.05, 3.63) is 198 Å². The van der Waals surface area contributed by atoms with E-state index in [0.717, 1.165) is 114 Å². The molecule has 11 rings (SSSR count). The molecular weight excluding hydrogens is 1100 g/mol. The van der Waals surface area contributed by atoms with E-state index in [-0.39, 0.29) is 43.6 Å². The minimum Gasteiger partial charge on any atom is -0.481 e. The molecule has 3 aromatic heterocycles. The van der Waals surface area contributed by atoms with Crippen molar-refractivity contribution in [1.82, 2.24) is 25.1 Å². The minimum atomic E-state index is -0.840. The fourth-order valence-electron chi connectivity index (χ4n) is 10.3. The van der Waals surface area contributed by atoms with Crippen LogP contribution in [0.2, 0.25) is 0 Å². The van der Waals surface area contributed by atoms with Crippen LogP contribution in [0.4, 0.5) is 0 Å². The van der Waals surface area contributed by atoms with Gasteiger partial charge in [-0.1, -0.05) is 179 Å². The molecule has 4 amide bonds. The molecule has 5 heterocycles. The summed E-state index contributed by atoms with van der Waals surface area (Å²) in [7, 11) is 0. The minimum absolute atomic E-state index is 0.0199. The van der Waals surface area contributed by atoms with E-state index in [0.29, 0.717) is 34.9 Å². The first kappa shape index (κ1) is 64.9. The van der Waals surface area contributed by atoms with Gasteiger partial charge < -0.3 is 15.7 Å². The maximum absolute atomic E-state index is 12.5. The topological polar surface area (TPSA) is 240 Å². The van der Waals surface area contributed by atoms with E-state index in [1.165, 1.54) is 12.8 Å². The quantitative estimate of drug-likeness (QED) is 0.0463. The summed E-state index contributed by atoms with van der Waals surface area (Å²) in [6.45, 7) is 10.9. The Morgan fingerprint density at radius 2 is 0.816 bits per heavy atom. The molecule has 2 fully saturated rings. The first-order valence-electron chi connectivity index (χ1n) is 29.4. The van der Waals surface area contributed by atoms with Crippen molar-refractivity contribution in [2.75, 3.05) is 6.54 Å². The molecule has 0 spiro atoms. The van der Waals surface area contributed by atoms with Crippen LogP contribution in [0.1, 0.15) is 112 Å². The summed E-state index contributed by atoms with van der Waals surface area (Å²) >= 11 is 0. The largest absolute Gasteiger partial charge is 0.481 e. The molecule has 16 heteroatoms. The third-order valence-electron chi connectivity index (χ3n) is 14.7. The van der Waals surface area contributed by atoms with E-state index in [2.05, 4.69) is 42.0 Å². The number of aryl methyl sites for hydroxylation is 3. The zero-order chi connectivity index (χ0) is 62.4. The van der Waals surface area contributed by atoms with Gasteiger partial charge in [0.1, 0.15) is 5.78 Å². The number of Topliss-reactive ketones (excluding diaryl/α,β-unsaturated/α-hetero) is 1. The van der Waals surface area contributed by atoms with Gasteiger partial charge in [-0.05, 0) is 108 Å². The molecule has 0 saturated carbocycles. The average molecular weight is 1170 g/mol. The van der Waals surface area contributed by atoms with Crippen LogP contribution in [-0.4, -0.2) is 83.3 Å². The van der Waals surface area contributed by atoms with E-state index in [9.17, 15) is 38.7 Å². The van der Waals surface area contributed by atoms with Crippen molar-refractivity contribution in [3.63, 3.8) is 0 Å². The third kappa shape index (κ3) is 17.3. The number of hydrogen-bond acceptors (Lipinski definition) is 13. The van der Waals surface area contributed by atoms with Crippen LogP contribution in [0.25, 0.3) is 66.1 Å². The number of amides is 4. The number of benzene rings is 6. The highest BCUT2D eigenvalue weighted by Crippen LogP contribution is 2.36. The molecule has 2 saturated heterocycles. The number of rotatable bonds is 16. The van der Waals surface area contributed by atoms with Gasteiger partial charge in [-0.2, -0.15) is 5.06 Å². The molecule has 0 radical (unpaired) electrons. The fourth-order valence-corrected chi connectivity index (χ4v) is 10.3. The number of pyridine rings is 3. The monoisotopic (exact) mass is 1170 g/mol. The number of ketones is 1. The smallest absolute Gasteiger partial charge is 0.337 e. The second-order valence-corrected chi connectivity index (χ2v) is 21.0. The number of carbonyl (C=O) groups is 7. The Hall–Kier alpha value is -9.64. The maximum Gasteiger partial charge on any atom is 0.337 e. The second-order valence-electron chi connectivity index (χ2n) is 21.0. The predicted molar refractivity (Wildman–Crippen MR) is 338 cm³/mol. The Labute approximate surface area is 507 Å². The van der Waals surface area contributed by atoms with Crippen LogP contribution in [0.15, 0.2) is 164 Å². The van der Waals surface area contributed by atoms with E-state index in [1.54, 1.807) is 0 Å². The highest BCUT2D eigenvalue weighted by atomic mass is 16.7. The molecule has 2 aliphatic heterocycles. The highest BCUT2D eigenvalue weighted by Gasteiger charge is 2.33. The Balaban J connectivity index is 0.000000170. The number of carbonyl (C=O) groups excluding carboxylic acids is 6. The highest BCUT2D eigenvalue weighted by molar-refractivity contribution is 6.03. The number of hydroxylamine groups is 4. The lowest BCUT2D eigenvalue weighted by Crippen LogP contribution is -2.32. The average Bonchev–Trinajstić information content (AvgIpc) is 3.75. The van der Waals surface area contributed by atoms with Crippen LogP contribution < -0.4 is 5.73 Å². The van der Waals surface area contributed by atoms with Gasteiger partial charge in [0, 0.05) is 71.8 Å². The standard InChI is InChI=1S/C23H25NO.C22H18N2O4.C18H15NO2.C4H5NO3.C4H11N/c1-3-4-6-13-19(25)16-21-17(2)24-22-15-10-9-14-20(22)23(21)18-11-7-5-8-12-18;1-14-17(13-21(27)28-24-19(25)11-12-20(24)26)22(15-7-3-2-4-8-15)16-9-5-6-10-18(16)23-14;1-12-15(11-17(20)21)18(13-7-3-2-4-8-13)14-9-5-6-10-16(14)19-12;6-3-1-2-4(7)5(3)8;1-2-3-4-5/h5,7-12,14-15H,3-4,6,13,16H2,1-2H3;2-10H,11-13H2,1H3;2-10H,11H2,1H3,(H,20,21);8H,1-2H2;2-5H2,1H3. The Bertz CT molecular complexity index is 3860. The first-order chi connectivity index (χ1) is 42.0. The van der Waals surface area contributed by atoms with Gasteiger partial charge in [0.25, 0.3) is 23.6 Å². The number of nitrogens with two attached hydrogens (primary N) is 1. The number of imide groups is 2. The molecule has 6 aromatic carbocycles. The second kappa shape index (κ2) is 32.0. The van der Waals surface area contributed by atoms with Crippen LogP contribution >= 0.6 is 0 Å². The van der Waals surface area contributed by atoms with Crippen molar-refractivity contribution < 1.29 is 48.7 Å². The van der Waals surface area contributed by atoms with Gasteiger partial charge >= 0.3 is 11.9 Å². The summed E-state index contributed by atoms with van der Waals surface area (Å²) in [5.41, 5.74) is 19.0. The van der Waals surface area contributed by atoms with Crippen LogP contribution in [0, 0.1) is 20.8 Å². The molecule has 0 bridgehead atoms. The lowest BCUT2D eigenvalue weighted by Gasteiger charge is -2.17. The van der Waals surface area contributed by atoms with Crippen LogP contribution in [0.5, 0.6) is 0 Å². The summed E-state index contributed by atoms with van der Waals surface area (Å²) in [5, 5.41) is 21.4. The molecule has 9 aromatic rings. The summed E-state index contributed by atoms with van der Waals surface area (Å²) in [4.78, 5) is 99.2. The third-order valence-corrected chi connectivity index (χ3v) is 14.7. The van der Waals surface area contributed by atoms with Gasteiger partial charge in [0.2, 0.25) is 0 Å². The summed E-state index contributed by atoms with van der Waals surface area (Å²) in [5.74, 6) is -3.19. The van der Waals surface area contributed by atoms with E-state index in [1.807, 2.05) is 166 Å². The number of carboxylic acid groups (broad SMARTS) is 1. The van der Waals surface area contributed by atoms with Gasteiger partial charge in [-0.3, -0.25) is 48.9 Å². The van der Waals surface area contributed by atoms with Crippen LogP contribution in [-0.2, 0) is 57.7 Å². The number of hydrogen-bond donors (Lipinski definition) is 3. The van der Waals surface area contributed by atoms with Crippen LogP contribution in [0.3, 0.4) is 0 Å². The number of nitrogens with zero attached hydrogens (tertiary/aromatic N) is 5. The molecular formula is C71H74N6O10. The van der Waals surface area contributed by atoms with Gasteiger partial charge in [-0.15, -0.1) is 5.06 Å². The molecule has 87 heavy (non-hydrogen) atoms. The SMILES string of the molecule is CCCCCC(=O)Cc1c(C)nc2ccccc2c1-c1ccccc1.CCCCN.Cc1nc2ccccc2c(-c2ccccc2)c1CC(=O)O.Cc1nc2ccccc2c(-c2ccccc2)c1CC(=O)ON1C(=O)CCC1=O.O=C1CCC(=O)N1O. The summed E-state index contributed by atoms with van der Waals surface area (Å²) in [6, 6.07) is 53.8. The zero-order valence-corrected chi connectivity index (χ0v) is 50.0. The fraction of sp³-hybridized carbons (Fsp3) is 0.268. The molecule has 0 aliphatic carbocycles. The molecule has 2 aliphatic rings. The Morgan fingerprint density at radius 1 is 0.471 bits per heavy atom. The number of aliphatic carboxylic acids is 1. The maximum atomic E-state index is 12.5. The van der Waals surface area contributed by atoms with Crippen molar-refractivity contribution in [2.24, 2.45) is 5.73 Å². The van der Waals surface area contributed by atoms with Crippen molar-refractivity contribution >= 4 is 74.1 Å². The van der Waals surface area contributed by atoms with Crippen molar-refractivity contribution in [3.8, 4) is 33.4 Å². The van der Waals surface area contributed by atoms with E-state index >= 15 is 0 Å². The number of para-hydroxylation sites is 3. The molecule has 448 valence electrons. The van der Waals surface area contributed by atoms with E-state index < -0.39 is 35.6 Å². The first-order valence-corrected chi connectivity index (χ1v) is 29.4. The van der Waals surface area contributed by atoms with Gasteiger partial charge in [0.05, 0.1) is 29.4 Å². The normalized spacial score (nSPS) is 12.6. The lowest BCUT2D eigenvalue weighted by atomic mass is 9.91. The lowest BCUT2D eigenvalue weighted by molar-refractivity contribution is -0.197. The summed E-state index contributed by atoms with van der Waals surface area (Å²) in [6.07, 6.45) is 7.07.